The van der Waals surface area contributed by atoms with Crippen molar-refractivity contribution in [3.63, 3.8) is 0 Å². The molecule has 0 unspecified atom stereocenters. The van der Waals surface area contributed by atoms with E-state index in [-0.39, 0.29) is 11.7 Å². The Kier molecular flexibility index (Phi) is 7.13. The molecule has 0 aliphatic heterocycles. The third-order valence-corrected chi connectivity index (χ3v) is 5.11. The van der Waals surface area contributed by atoms with Gasteiger partial charge in [0.2, 0.25) is 5.91 Å². The predicted molar refractivity (Wildman–Crippen MR) is 108 cm³/mol. The van der Waals surface area contributed by atoms with Crippen molar-refractivity contribution >= 4 is 17.7 Å². The van der Waals surface area contributed by atoms with Gasteiger partial charge < -0.3 is 19.0 Å². The van der Waals surface area contributed by atoms with E-state index >= 15 is 0 Å². The number of ether oxygens (including phenoxy) is 1. The molecule has 8 heteroatoms. The fraction of sp³-hybridized carbons (Fsp3) is 0.350. The first-order valence-corrected chi connectivity index (χ1v) is 10.2. The average Bonchev–Trinajstić information content (AvgIpc) is 3.35. The number of unbranched alkanes of at least 4 members (excludes halogenated alkanes) is 1. The van der Waals surface area contributed by atoms with Gasteiger partial charge in [0.05, 0.1) is 25.2 Å². The van der Waals surface area contributed by atoms with E-state index in [1.807, 2.05) is 41.9 Å². The van der Waals surface area contributed by atoms with Crippen molar-refractivity contribution < 1.29 is 13.9 Å². The number of carbonyl (C=O) groups is 1. The van der Waals surface area contributed by atoms with Crippen LogP contribution >= 0.6 is 11.8 Å². The third kappa shape index (κ3) is 5.39. The fourth-order valence-electron chi connectivity index (χ4n) is 2.51. The highest BCUT2D eigenvalue weighted by atomic mass is 32.2. The predicted octanol–water partition coefficient (Wildman–Crippen LogP) is 3.66. The van der Waals surface area contributed by atoms with Gasteiger partial charge in [0, 0.05) is 12.6 Å². The smallest absolute Gasteiger partial charge is 0.230 e. The number of hydrogen-bond donors (Lipinski definition) is 1. The molecule has 0 bridgehead atoms. The van der Waals surface area contributed by atoms with Crippen molar-refractivity contribution in [3.05, 3.63) is 48.4 Å². The van der Waals surface area contributed by atoms with E-state index in [4.69, 9.17) is 9.15 Å². The van der Waals surface area contributed by atoms with Crippen molar-refractivity contribution in [2.45, 2.75) is 31.5 Å². The Bertz CT molecular complexity index is 876. The molecule has 3 rings (SSSR count). The Morgan fingerprint density at radius 1 is 1.25 bits per heavy atom. The molecule has 0 saturated carbocycles. The minimum absolute atomic E-state index is 0.0838. The molecule has 1 aromatic carbocycles. The highest BCUT2D eigenvalue weighted by Crippen LogP contribution is 2.24. The van der Waals surface area contributed by atoms with E-state index in [2.05, 4.69) is 22.4 Å². The molecule has 0 spiro atoms. The lowest BCUT2D eigenvalue weighted by atomic mass is 10.2. The lowest BCUT2D eigenvalue weighted by Gasteiger charge is -2.07. The number of aromatic nitrogens is 3. The van der Waals surface area contributed by atoms with Crippen LogP contribution in [-0.2, 0) is 18.4 Å². The van der Waals surface area contributed by atoms with Crippen LogP contribution in [0.1, 0.15) is 25.5 Å². The molecular formula is C20H24N4O3S. The number of furan rings is 1. The van der Waals surface area contributed by atoms with Crippen LogP contribution in [-0.4, -0.2) is 33.0 Å². The van der Waals surface area contributed by atoms with Gasteiger partial charge in [-0.25, -0.2) is 0 Å². The number of amides is 1. The number of nitrogens with one attached hydrogen (secondary N) is 1. The van der Waals surface area contributed by atoms with Crippen LogP contribution in [0.4, 0.5) is 0 Å². The Balaban J connectivity index is 1.53. The van der Waals surface area contributed by atoms with Crippen LogP contribution in [0.15, 0.2) is 52.2 Å². The molecule has 2 aromatic heterocycles. The second kappa shape index (κ2) is 9.98. The summed E-state index contributed by atoms with van der Waals surface area (Å²) >= 11 is 1.35. The maximum atomic E-state index is 12.0. The van der Waals surface area contributed by atoms with Crippen LogP contribution in [0.5, 0.6) is 5.75 Å². The zero-order valence-corrected chi connectivity index (χ0v) is 16.9. The Hall–Kier alpha value is -2.74. The van der Waals surface area contributed by atoms with Gasteiger partial charge in [0.1, 0.15) is 11.5 Å². The molecule has 148 valence electrons. The second-order valence-corrected chi connectivity index (χ2v) is 7.18. The Morgan fingerprint density at radius 3 is 2.79 bits per heavy atom. The number of hydrogen-bond acceptors (Lipinski definition) is 6. The SMILES string of the molecule is CCCCOc1ccc(-c2nnc(SCC(=O)NCc3ccco3)n2C)cc1. The average molecular weight is 401 g/mol. The van der Waals surface area contributed by atoms with E-state index in [9.17, 15) is 4.79 Å². The lowest BCUT2D eigenvalue weighted by Crippen LogP contribution is -2.24. The van der Waals surface area contributed by atoms with Gasteiger partial charge in [-0.15, -0.1) is 10.2 Å². The summed E-state index contributed by atoms with van der Waals surface area (Å²) < 4.78 is 12.8. The highest BCUT2D eigenvalue weighted by molar-refractivity contribution is 7.99. The first-order chi connectivity index (χ1) is 13.7. The van der Waals surface area contributed by atoms with Crippen LogP contribution in [0, 0.1) is 0 Å². The standard InChI is InChI=1S/C20H24N4O3S/c1-3-4-11-26-16-9-7-15(8-10-16)19-22-23-20(24(19)2)28-14-18(25)21-13-17-6-5-12-27-17/h5-10,12H,3-4,11,13-14H2,1-2H3,(H,21,25). The first kappa shape index (κ1) is 20.0. The summed E-state index contributed by atoms with van der Waals surface area (Å²) in [6, 6.07) is 11.4. The van der Waals surface area contributed by atoms with Crippen LogP contribution in [0.3, 0.4) is 0 Å². The molecular weight excluding hydrogens is 376 g/mol. The molecule has 0 saturated heterocycles. The minimum Gasteiger partial charge on any atom is -0.494 e. The van der Waals surface area contributed by atoms with Crippen molar-refractivity contribution in [1.29, 1.82) is 0 Å². The molecule has 7 nitrogen and oxygen atoms in total. The van der Waals surface area contributed by atoms with E-state index in [1.165, 1.54) is 11.8 Å². The van der Waals surface area contributed by atoms with Gasteiger partial charge in [-0.2, -0.15) is 0 Å². The van der Waals surface area contributed by atoms with Crippen LogP contribution in [0.2, 0.25) is 0 Å². The summed E-state index contributed by atoms with van der Waals surface area (Å²) in [5.74, 6) is 2.50. The Labute approximate surface area is 168 Å². The fourth-order valence-corrected chi connectivity index (χ4v) is 3.25. The lowest BCUT2D eigenvalue weighted by molar-refractivity contribution is -0.118. The molecule has 0 atom stereocenters. The number of rotatable bonds is 10. The summed E-state index contributed by atoms with van der Waals surface area (Å²) in [6.07, 6.45) is 3.74. The van der Waals surface area contributed by atoms with Crippen molar-refractivity contribution in [2.24, 2.45) is 7.05 Å². The molecule has 0 radical (unpaired) electrons. The Morgan fingerprint density at radius 2 is 2.07 bits per heavy atom. The summed E-state index contributed by atoms with van der Waals surface area (Å²) in [7, 11) is 1.89. The van der Waals surface area contributed by atoms with Crippen LogP contribution < -0.4 is 10.1 Å². The summed E-state index contributed by atoms with van der Waals surface area (Å²) in [4.78, 5) is 12.0. The quantitative estimate of drug-likeness (QED) is 0.413. The zero-order valence-electron chi connectivity index (χ0n) is 16.1. The monoisotopic (exact) mass is 400 g/mol. The third-order valence-electron chi connectivity index (χ3n) is 4.09. The largest absolute Gasteiger partial charge is 0.494 e. The zero-order chi connectivity index (χ0) is 19.8. The van der Waals surface area contributed by atoms with E-state index < -0.39 is 0 Å². The molecule has 0 fully saturated rings. The van der Waals surface area contributed by atoms with E-state index in [0.717, 1.165) is 42.3 Å². The van der Waals surface area contributed by atoms with Crippen LogP contribution in [0.25, 0.3) is 11.4 Å². The highest BCUT2D eigenvalue weighted by Gasteiger charge is 2.13. The van der Waals surface area contributed by atoms with Gasteiger partial charge in [0.15, 0.2) is 11.0 Å². The molecule has 0 aliphatic carbocycles. The topological polar surface area (TPSA) is 82.2 Å². The van der Waals surface area contributed by atoms with Crippen molar-refractivity contribution in [3.8, 4) is 17.1 Å². The number of carbonyl (C=O) groups excluding carboxylic acids is 1. The van der Waals surface area contributed by atoms with Gasteiger partial charge in [-0.1, -0.05) is 25.1 Å². The van der Waals surface area contributed by atoms with Gasteiger partial charge >= 0.3 is 0 Å². The second-order valence-electron chi connectivity index (χ2n) is 6.24. The van der Waals surface area contributed by atoms with Crippen molar-refractivity contribution in [1.82, 2.24) is 20.1 Å². The summed E-state index contributed by atoms with van der Waals surface area (Å²) in [5.41, 5.74) is 0.951. The van der Waals surface area contributed by atoms with E-state index in [0.29, 0.717) is 11.7 Å². The molecule has 1 N–H and O–H groups in total. The summed E-state index contributed by atoms with van der Waals surface area (Å²) in [5, 5.41) is 12.0. The molecule has 0 aliphatic rings. The number of benzene rings is 1. The van der Waals surface area contributed by atoms with Gasteiger partial charge in [0.25, 0.3) is 0 Å². The number of thioether (sulfide) groups is 1. The normalized spacial score (nSPS) is 10.8. The minimum atomic E-state index is -0.0838. The van der Waals surface area contributed by atoms with E-state index in [1.54, 1.807) is 12.3 Å². The van der Waals surface area contributed by atoms with Gasteiger partial charge in [-0.05, 0) is 42.8 Å². The van der Waals surface area contributed by atoms with Crippen molar-refractivity contribution in [2.75, 3.05) is 12.4 Å². The molecule has 28 heavy (non-hydrogen) atoms. The molecule has 1 amide bonds. The summed E-state index contributed by atoms with van der Waals surface area (Å²) in [6.45, 7) is 3.24. The molecule has 3 aromatic rings. The number of nitrogens with zero attached hydrogens (tertiary/aromatic N) is 3. The maximum Gasteiger partial charge on any atom is 0.230 e. The maximum absolute atomic E-state index is 12.0. The first-order valence-electron chi connectivity index (χ1n) is 9.22. The molecule has 2 heterocycles. The van der Waals surface area contributed by atoms with Gasteiger partial charge in [-0.3, -0.25) is 4.79 Å².